The SMILES string of the molecule is Cc1ccc(C(=O)N2CCC[C@@H](C(=O)O[C@H](C(=O)c3cccs3)c3cccs3)C2)cc1. The highest BCUT2D eigenvalue weighted by Gasteiger charge is 2.34. The molecule has 0 unspecified atom stereocenters. The van der Waals surface area contributed by atoms with Crippen LogP contribution in [0.2, 0.25) is 0 Å². The number of hydrogen-bond acceptors (Lipinski definition) is 6. The second-order valence-corrected chi connectivity index (χ2v) is 9.56. The van der Waals surface area contributed by atoms with Crippen LogP contribution in [0, 0.1) is 12.8 Å². The zero-order valence-corrected chi connectivity index (χ0v) is 18.8. The molecular formula is C24H23NO4S2. The quantitative estimate of drug-likeness (QED) is 0.383. The van der Waals surface area contributed by atoms with Gasteiger partial charge in [-0.1, -0.05) is 29.8 Å². The fraction of sp³-hybridized carbons (Fsp3) is 0.292. The highest BCUT2D eigenvalue weighted by molar-refractivity contribution is 7.12. The molecule has 0 spiro atoms. The van der Waals surface area contributed by atoms with Gasteiger partial charge in [0.1, 0.15) is 0 Å². The number of Topliss-reactive ketones (excluding diaryl/α,β-unsaturated/α-hetero) is 1. The summed E-state index contributed by atoms with van der Waals surface area (Å²) in [5, 5.41) is 3.69. The van der Waals surface area contributed by atoms with Crippen LogP contribution in [0.4, 0.5) is 0 Å². The standard InChI is InChI=1S/C24H23NO4S2/c1-16-8-10-17(11-9-16)23(27)25-12-2-5-18(15-25)24(28)29-22(20-7-4-14-31-20)21(26)19-6-3-13-30-19/h3-4,6-11,13-14,18,22H,2,5,12,15H2,1H3/t18-,22+/m1/s1. The van der Waals surface area contributed by atoms with Gasteiger partial charge in [-0.05, 0) is 54.8 Å². The van der Waals surface area contributed by atoms with Gasteiger partial charge in [-0.3, -0.25) is 14.4 Å². The minimum atomic E-state index is -0.950. The Labute approximate surface area is 189 Å². The number of ether oxygens (including phenoxy) is 1. The first kappa shape index (κ1) is 21.5. The topological polar surface area (TPSA) is 63.7 Å². The lowest BCUT2D eigenvalue weighted by atomic mass is 9.97. The number of aryl methyl sites for hydroxylation is 1. The van der Waals surface area contributed by atoms with Crippen molar-refractivity contribution in [3.8, 4) is 0 Å². The number of thiophene rings is 2. The summed E-state index contributed by atoms with van der Waals surface area (Å²) in [7, 11) is 0. The fourth-order valence-electron chi connectivity index (χ4n) is 3.67. The molecule has 2 aromatic heterocycles. The molecule has 31 heavy (non-hydrogen) atoms. The largest absolute Gasteiger partial charge is 0.448 e. The molecule has 3 aromatic rings. The summed E-state index contributed by atoms with van der Waals surface area (Å²) in [6.07, 6.45) is 0.412. The Bertz CT molecular complexity index is 1040. The van der Waals surface area contributed by atoms with E-state index in [4.69, 9.17) is 4.74 Å². The number of nitrogens with zero attached hydrogens (tertiary/aromatic N) is 1. The first-order chi connectivity index (χ1) is 15.0. The predicted octanol–water partition coefficient (Wildman–Crippen LogP) is 5.14. The Morgan fingerprint density at radius 1 is 1.03 bits per heavy atom. The first-order valence-corrected chi connectivity index (χ1v) is 12.0. The van der Waals surface area contributed by atoms with E-state index < -0.39 is 18.0 Å². The van der Waals surface area contributed by atoms with E-state index >= 15 is 0 Å². The molecular weight excluding hydrogens is 430 g/mol. The lowest BCUT2D eigenvalue weighted by molar-refractivity contribution is -0.153. The van der Waals surface area contributed by atoms with Gasteiger partial charge in [-0.2, -0.15) is 0 Å². The third-order valence-electron chi connectivity index (χ3n) is 5.38. The second kappa shape index (κ2) is 9.58. The van der Waals surface area contributed by atoms with Crippen LogP contribution in [0.3, 0.4) is 0 Å². The van der Waals surface area contributed by atoms with Crippen molar-refractivity contribution in [2.45, 2.75) is 25.9 Å². The van der Waals surface area contributed by atoms with Crippen molar-refractivity contribution >= 4 is 40.3 Å². The van der Waals surface area contributed by atoms with Crippen molar-refractivity contribution in [3.05, 3.63) is 80.2 Å². The van der Waals surface area contributed by atoms with Gasteiger partial charge in [0.05, 0.1) is 15.7 Å². The van der Waals surface area contributed by atoms with Gasteiger partial charge < -0.3 is 9.64 Å². The summed E-state index contributed by atoms with van der Waals surface area (Å²) in [4.78, 5) is 41.9. The van der Waals surface area contributed by atoms with Gasteiger partial charge in [-0.25, -0.2) is 0 Å². The highest BCUT2D eigenvalue weighted by atomic mass is 32.1. The van der Waals surface area contributed by atoms with E-state index in [0.29, 0.717) is 34.8 Å². The molecule has 1 fully saturated rings. The Morgan fingerprint density at radius 3 is 2.45 bits per heavy atom. The summed E-state index contributed by atoms with van der Waals surface area (Å²) >= 11 is 2.72. The van der Waals surface area contributed by atoms with Crippen LogP contribution in [0.5, 0.6) is 0 Å². The van der Waals surface area contributed by atoms with E-state index in [1.807, 2.05) is 54.1 Å². The number of rotatable bonds is 6. The summed E-state index contributed by atoms with van der Waals surface area (Å²) in [5.74, 6) is -1.16. The van der Waals surface area contributed by atoms with Crippen LogP contribution in [-0.4, -0.2) is 35.6 Å². The van der Waals surface area contributed by atoms with Crippen molar-refractivity contribution in [1.29, 1.82) is 0 Å². The summed E-state index contributed by atoms with van der Waals surface area (Å²) in [6.45, 7) is 2.89. The zero-order valence-electron chi connectivity index (χ0n) is 17.2. The monoisotopic (exact) mass is 453 g/mol. The smallest absolute Gasteiger partial charge is 0.311 e. The minimum absolute atomic E-state index is 0.0815. The molecule has 5 nitrogen and oxygen atoms in total. The molecule has 0 radical (unpaired) electrons. The molecule has 1 amide bonds. The third-order valence-corrected chi connectivity index (χ3v) is 7.18. The van der Waals surface area contributed by atoms with Crippen molar-refractivity contribution in [2.24, 2.45) is 5.92 Å². The highest BCUT2D eigenvalue weighted by Crippen LogP contribution is 2.30. The summed E-state index contributed by atoms with van der Waals surface area (Å²) < 4.78 is 5.76. The lowest BCUT2D eigenvalue weighted by Crippen LogP contribution is -2.43. The first-order valence-electron chi connectivity index (χ1n) is 10.2. The van der Waals surface area contributed by atoms with Gasteiger partial charge in [0, 0.05) is 18.7 Å². The molecule has 0 bridgehead atoms. The average Bonchev–Trinajstić information content (AvgIpc) is 3.51. The number of benzene rings is 1. The molecule has 1 aliphatic heterocycles. The van der Waals surface area contributed by atoms with Crippen molar-refractivity contribution in [3.63, 3.8) is 0 Å². The van der Waals surface area contributed by atoms with Gasteiger partial charge in [0.25, 0.3) is 5.91 Å². The van der Waals surface area contributed by atoms with Crippen LogP contribution in [0.15, 0.2) is 59.3 Å². The van der Waals surface area contributed by atoms with E-state index in [1.165, 1.54) is 22.7 Å². The maximum atomic E-state index is 13.0. The van der Waals surface area contributed by atoms with E-state index in [0.717, 1.165) is 12.0 Å². The molecule has 0 aliphatic carbocycles. The van der Waals surface area contributed by atoms with E-state index in [9.17, 15) is 14.4 Å². The molecule has 0 N–H and O–H groups in total. The number of carbonyl (C=O) groups excluding carboxylic acids is 3. The molecule has 160 valence electrons. The fourth-order valence-corrected chi connectivity index (χ4v) is 5.11. The van der Waals surface area contributed by atoms with Crippen LogP contribution in [0.1, 0.15) is 49.4 Å². The number of hydrogen-bond donors (Lipinski definition) is 0. The molecule has 0 saturated carbocycles. The van der Waals surface area contributed by atoms with Crippen LogP contribution < -0.4 is 0 Å². The molecule has 7 heteroatoms. The Balaban J connectivity index is 1.46. The molecule has 4 rings (SSSR count). The number of amides is 1. The number of esters is 1. The summed E-state index contributed by atoms with van der Waals surface area (Å²) in [5.41, 5.74) is 1.70. The number of carbonyl (C=O) groups is 3. The Hall–Kier alpha value is -2.77. The Kier molecular flexibility index (Phi) is 6.63. The number of likely N-dealkylation sites (tertiary alicyclic amines) is 1. The van der Waals surface area contributed by atoms with Gasteiger partial charge >= 0.3 is 5.97 Å². The summed E-state index contributed by atoms with van der Waals surface area (Å²) in [6, 6.07) is 14.6. The van der Waals surface area contributed by atoms with Crippen molar-refractivity contribution in [1.82, 2.24) is 4.90 Å². The lowest BCUT2D eigenvalue weighted by Gasteiger charge is -2.32. The van der Waals surface area contributed by atoms with Gasteiger partial charge in [0.2, 0.25) is 5.78 Å². The number of ketones is 1. The maximum Gasteiger partial charge on any atom is 0.311 e. The Morgan fingerprint density at radius 2 is 1.77 bits per heavy atom. The molecule has 3 heterocycles. The van der Waals surface area contributed by atoms with E-state index in [-0.39, 0.29) is 11.7 Å². The van der Waals surface area contributed by atoms with Crippen LogP contribution >= 0.6 is 22.7 Å². The maximum absolute atomic E-state index is 13.0. The van der Waals surface area contributed by atoms with Crippen LogP contribution in [0.25, 0.3) is 0 Å². The van der Waals surface area contributed by atoms with Gasteiger partial charge in [0.15, 0.2) is 6.10 Å². The zero-order chi connectivity index (χ0) is 21.8. The van der Waals surface area contributed by atoms with Gasteiger partial charge in [-0.15, -0.1) is 22.7 Å². The third kappa shape index (κ3) is 4.94. The number of piperidine rings is 1. The molecule has 1 saturated heterocycles. The normalized spacial score (nSPS) is 17.2. The molecule has 1 aromatic carbocycles. The molecule has 2 atom stereocenters. The van der Waals surface area contributed by atoms with Crippen molar-refractivity contribution < 1.29 is 19.1 Å². The average molecular weight is 454 g/mol. The molecule has 1 aliphatic rings. The van der Waals surface area contributed by atoms with Crippen LogP contribution in [-0.2, 0) is 9.53 Å². The second-order valence-electron chi connectivity index (χ2n) is 7.63. The predicted molar refractivity (Wildman–Crippen MR) is 122 cm³/mol. The van der Waals surface area contributed by atoms with E-state index in [2.05, 4.69) is 0 Å². The van der Waals surface area contributed by atoms with Crippen molar-refractivity contribution in [2.75, 3.05) is 13.1 Å². The van der Waals surface area contributed by atoms with E-state index in [1.54, 1.807) is 17.0 Å². The minimum Gasteiger partial charge on any atom is -0.448 e.